The number of hydrogen-bond donors (Lipinski definition) is 0. The van der Waals surface area contributed by atoms with Gasteiger partial charge in [0, 0.05) is 17.6 Å². The SMILES string of the molecule is Cc1cccc(-n2nnn(C)c2=O)c1COc1cc(-c2ccc(Cl)cc2)ccc1F. The predicted molar refractivity (Wildman–Crippen MR) is 113 cm³/mol. The van der Waals surface area contributed by atoms with E-state index in [-0.39, 0.29) is 18.0 Å². The van der Waals surface area contributed by atoms with Crippen molar-refractivity contribution in [1.29, 1.82) is 0 Å². The average molecular weight is 425 g/mol. The highest BCUT2D eigenvalue weighted by Crippen LogP contribution is 2.29. The van der Waals surface area contributed by atoms with Gasteiger partial charge in [0.05, 0.1) is 5.69 Å². The number of benzene rings is 3. The molecule has 1 aromatic heterocycles. The lowest BCUT2D eigenvalue weighted by Crippen LogP contribution is -2.23. The molecule has 152 valence electrons. The first-order valence-corrected chi connectivity index (χ1v) is 9.58. The van der Waals surface area contributed by atoms with Gasteiger partial charge in [-0.05, 0) is 64.4 Å². The minimum absolute atomic E-state index is 0.0615. The van der Waals surface area contributed by atoms with Crippen LogP contribution in [0, 0.1) is 12.7 Å². The van der Waals surface area contributed by atoms with Gasteiger partial charge in [0.2, 0.25) is 0 Å². The Labute approximate surface area is 177 Å². The summed E-state index contributed by atoms with van der Waals surface area (Å²) in [6.45, 7) is 1.95. The maximum atomic E-state index is 14.4. The molecule has 0 amide bonds. The Bertz CT molecular complexity index is 1270. The molecule has 0 aliphatic heterocycles. The van der Waals surface area contributed by atoms with E-state index in [1.165, 1.54) is 17.8 Å². The molecule has 0 fully saturated rings. The molecule has 1 heterocycles. The van der Waals surface area contributed by atoms with Crippen molar-refractivity contribution < 1.29 is 9.13 Å². The molecule has 0 bridgehead atoms. The minimum Gasteiger partial charge on any atom is -0.486 e. The van der Waals surface area contributed by atoms with Crippen LogP contribution in [0.2, 0.25) is 5.02 Å². The lowest BCUT2D eigenvalue weighted by Gasteiger charge is -2.14. The zero-order valence-electron chi connectivity index (χ0n) is 16.3. The molecule has 4 rings (SSSR count). The van der Waals surface area contributed by atoms with Crippen molar-refractivity contribution in [3.05, 3.63) is 93.1 Å². The van der Waals surface area contributed by atoms with Crippen LogP contribution in [0.5, 0.6) is 5.75 Å². The Kier molecular flexibility index (Phi) is 5.37. The summed E-state index contributed by atoms with van der Waals surface area (Å²) >= 11 is 5.95. The molecule has 4 aromatic rings. The molecule has 0 aliphatic carbocycles. The highest BCUT2D eigenvalue weighted by molar-refractivity contribution is 6.30. The van der Waals surface area contributed by atoms with E-state index >= 15 is 0 Å². The number of nitrogens with zero attached hydrogens (tertiary/aromatic N) is 4. The molecule has 0 atom stereocenters. The average Bonchev–Trinajstić information content (AvgIpc) is 3.07. The molecular weight excluding hydrogens is 407 g/mol. The van der Waals surface area contributed by atoms with Gasteiger partial charge in [-0.2, -0.15) is 9.36 Å². The zero-order valence-corrected chi connectivity index (χ0v) is 17.1. The Morgan fingerprint density at radius 2 is 1.77 bits per heavy atom. The quantitative estimate of drug-likeness (QED) is 0.479. The van der Waals surface area contributed by atoms with Crippen molar-refractivity contribution in [3.63, 3.8) is 0 Å². The van der Waals surface area contributed by atoms with Crippen molar-refractivity contribution >= 4 is 11.6 Å². The topological polar surface area (TPSA) is 61.9 Å². The van der Waals surface area contributed by atoms with E-state index in [0.29, 0.717) is 10.7 Å². The monoisotopic (exact) mass is 424 g/mol. The molecule has 0 saturated heterocycles. The van der Waals surface area contributed by atoms with Crippen molar-refractivity contribution in [1.82, 2.24) is 19.8 Å². The minimum atomic E-state index is -0.473. The lowest BCUT2D eigenvalue weighted by atomic mass is 10.1. The Hall–Kier alpha value is -3.45. The highest BCUT2D eigenvalue weighted by atomic mass is 35.5. The molecule has 0 spiro atoms. The first kappa shape index (κ1) is 19.8. The molecule has 0 N–H and O–H groups in total. The van der Waals surface area contributed by atoms with E-state index in [1.807, 2.05) is 31.2 Å². The van der Waals surface area contributed by atoms with Crippen LogP contribution in [0.15, 0.2) is 65.5 Å². The van der Waals surface area contributed by atoms with Gasteiger partial charge in [0.15, 0.2) is 11.6 Å². The van der Waals surface area contributed by atoms with Crippen LogP contribution < -0.4 is 10.4 Å². The summed E-state index contributed by atoms with van der Waals surface area (Å²) in [4.78, 5) is 12.3. The van der Waals surface area contributed by atoms with Crippen LogP contribution in [-0.4, -0.2) is 19.8 Å². The molecule has 3 aromatic carbocycles. The summed E-state index contributed by atoms with van der Waals surface area (Å²) in [5, 5.41) is 8.28. The molecular formula is C22H18ClFN4O2. The smallest absolute Gasteiger partial charge is 0.368 e. The second kappa shape index (κ2) is 8.12. The van der Waals surface area contributed by atoms with Gasteiger partial charge < -0.3 is 4.74 Å². The molecule has 0 radical (unpaired) electrons. The van der Waals surface area contributed by atoms with Crippen LogP contribution in [0.1, 0.15) is 11.1 Å². The van der Waals surface area contributed by atoms with Gasteiger partial charge in [-0.15, -0.1) is 0 Å². The van der Waals surface area contributed by atoms with Crippen molar-refractivity contribution in [2.45, 2.75) is 13.5 Å². The number of hydrogen-bond acceptors (Lipinski definition) is 4. The number of rotatable bonds is 5. The van der Waals surface area contributed by atoms with E-state index in [2.05, 4.69) is 10.4 Å². The van der Waals surface area contributed by atoms with Crippen LogP contribution in [0.25, 0.3) is 16.8 Å². The first-order valence-electron chi connectivity index (χ1n) is 9.20. The Balaban J connectivity index is 1.66. The third-order valence-electron chi connectivity index (χ3n) is 4.82. The van der Waals surface area contributed by atoms with Crippen LogP contribution in [0.4, 0.5) is 4.39 Å². The molecule has 8 heteroatoms. The summed E-state index contributed by atoms with van der Waals surface area (Å²) < 4.78 is 22.6. The normalized spacial score (nSPS) is 10.9. The molecule has 0 aliphatic rings. The Morgan fingerprint density at radius 1 is 1.03 bits per heavy atom. The number of halogens is 2. The summed E-state index contributed by atoms with van der Waals surface area (Å²) in [5.74, 6) is -0.359. The maximum absolute atomic E-state index is 14.4. The van der Waals surface area contributed by atoms with E-state index in [1.54, 1.807) is 30.3 Å². The van der Waals surface area contributed by atoms with E-state index in [4.69, 9.17) is 16.3 Å². The van der Waals surface area contributed by atoms with Gasteiger partial charge in [-0.1, -0.05) is 41.9 Å². The molecule has 0 unspecified atom stereocenters. The largest absolute Gasteiger partial charge is 0.486 e. The van der Waals surface area contributed by atoms with Crippen LogP contribution in [-0.2, 0) is 13.7 Å². The maximum Gasteiger partial charge on any atom is 0.368 e. The van der Waals surface area contributed by atoms with E-state index in [9.17, 15) is 9.18 Å². The fraction of sp³-hybridized carbons (Fsp3) is 0.136. The Morgan fingerprint density at radius 3 is 2.47 bits per heavy atom. The van der Waals surface area contributed by atoms with Gasteiger partial charge in [-0.3, -0.25) is 0 Å². The summed E-state index contributed by atoms with van der Waals surface area (Å²) in [7, 11) is 1.52. The fourth-order valence-electron chi connectivity index (χ4n) is 3.12. The first-order chi connectivity index (χ1) is 14.4. The molecule has 0 saturated carbocycles. The number of aryl methyl sites for hydroxylation is 2. The number of aromatic nitrogens is 4. The van der Waals surface area contributed by atoms with Gasteiger partial charge in [-0.25, -0.2) is 9.18 Å². The standard InChI is InChI=1S/C22H18ClFN4O2/c1-14-4-3-5-20(28-22(29)27(2)25-26-28)18(14)13-30-21-12-16(8-11-19(21)24)15-6-9-17(23)10-7-15/h3-12H,13H2,1-2H3. The highest BCUT2D eigenvalue weighted by Gasteiger charge is 2.15. The summed E-state index contributed by atoms with van der Waals surface area (Å²) in [6, 6.07) is 17.4. The van der Waals surface area contributed by atoms with Gasteiger partial charge in [0.25, 0.3) is 0 Å². The van der Waals surface area contributed by atoms with E-state index < -0.39 is 5.82 Å². The van der Waals surface area contributed by atoms with E-state index in [0.717, 1.165) is 26.9 Å². The number of tetrazole rings is 1. The van der Waals surface area contributed by atoms with Crippen molar-refractivity contribution in [2.75, 3.05) is 0 Å². The van der Waals surface area contributed by atoms with Crippen molar-refractivity contribution in [2.24, 2.45) is 7.05 Å². The summed E-state index contributed by atoms with van der Waals surface area (Å²) in [6.07, 6.45) is 0. The lowest BCUT2D eigenvalue weighted by molar-refractivity contribution is 0.289. The second-order valence-corrected chi connectivity index (χ2v) is 7.25. The van der Waals surface area contributed by atoms with Gasteiger partial charge >= 0.3 is 5.69 Å². The van der Waals surface area contributed by atoms with Crippen LogP contribution in [0.3, 0.4) is 0 Å². The van der Waals surface area contributed by atoms with Gasteiger partial charge in [0.1, 0.15) is 6.61 Å². The fourth-order valence-corrected chi connectivity index (χ4v) is 3.25. The zero-order chi connectivity index (χ0) is 21.3. The molecule has 6 nitrogen and oxygen atoms in total. The third-order valence-corrected chi connectivity index (χ3v) is 5.07. The predicted octanol–water partition coefficient (Wildman–Crippen LogP) is 4.31. The van der Waals surface area contributed by atoms with Crippen LogP contribution >= 0.6 is 11.6 Å². The second-order valence-electron chi connectivity index (χ2n) is 6.81. The third kappa shape index (κ3) is 3.84. The molecule has 30 heavy (non-hydrogen) atoms. The van der Waals surface area contributed by atoms with Crippen molar-refractivity contribution in [3.8, 4) is 22.6 Å². The summed E-state index contributed by atoms with van der Waals surface area (Å²) in [5.41, 5.74) is 3.47. The number of ether oxygens (including phenoxy) is 1.